The van der Waals surface area contributed by atoms with E-state index in [0.717, 1.165) is 25.7 Å². The number of benzene rings is 1. The summed E-state index contributed by atoms with van der Waals surface area (Å²) in [4.78, 5) is 13.5. The molecular weight excluding hydrogens is 262 g/mol. The molecule has 1 fully saturated rings. The summed E-state index contributed by atoms with van der Waals surface area (Å²) in [5.74, 6) is 0.701. The first-order chi connectivity index (χ1) is 10.2. The fourth-order valence-corrected chi connectivity index (χ4v) is 3.20. The van der Waals surface area contributed by atoms with Crippen molar-refractivity contribution < 1.29 is 9.53 Å². The Morgan fingerprint density at radius 3 is 2.62 bits per heavy atom. The van der Waals surface area contributed by atoms with Crippen molar-refractivity contribution in [1.29, 1.82) is 0 Å². The fraction of sp³-hybridized carbons (Fsp3) is 0.611. The lowest BCUT2D eigenvalue weighted by atomic mass is 9.97. The average Bonchev–Trinajstić information content (AvgIpc) is 2.50. The highest BCUT2D eigenvalue weighted by atomic mass is 16.5. The minimum atomic E-state index is 0.635. The molecule has 21 heavy (non-hydrogen) atoms. The minimum Gasteiger partial charge on any atom is -0.493 e. The number of aldehydes is 1. The molecule has 1 heterocycles. The Morgan fingerprint density at radius 2 is 1.90 bits per heavy atom. The van der Waals surface area contributed by atoms with Crippen LogP contribution in [0, 0.1) is 0 Å². The van der Waals surface area contributed by atoms with Gasteiger partial charge in [-0.2, -0.15) is 0 Å². The van der Waals surface area contributed by atoms with Crippen LogP contribution in [-0.2, 0) is 0 Å². The summed E-state index contributed by atoms with van der Waals surface area (Å²) in [7, 11) is 0. The van der Waals surface area contributed by atoms with E-state index in [0.29, 0.717) is 30.0 Å². The molecule has 3 heteroatoms. The van der Waals surface area contributed by atoms with Gasteiger partial charge in [-0.15, -0.1) is 0 Å². The monoisotopic (exact) mass is 289 g/mol. The van der Waals surface area contributed by atoms with Gasteiger partial charge in [0.05, 0.1) is 12.2 Å². The van der Waals surface area contributed by atoms with Gasteiger partial charge in [-0.25, -0.2) is 0 Å². The molecule has 0 unspecified atom stereocenters. The number of piperidine rings is 1. The summed E-state index contributed by atoms with van der Waals surface area (Å²) >= 11 is 0. The van der Waals surface area contributed by atoms with Gasteiger partial charge in [-0.3, -0.25) is 9.69 Å². The van der Waals surface area contributed by atoms with Crippen molar-refractivity contribution in [2.75, 3.05) is 13.2 Å². The van der Waals surface area contributed by atoms with Gasteiger partial charge in [-0.1, -0.05) is 18.6 Å². The summed E-state index contributed by atoms with van der Waals surface area (Å²) in [6.07, 6.45) is 7.05. The Bertz CT molecular complexity index is 437. The van der Waals surface area contributed by atoms with Crippen LogP contribution in [0.2, 0.25) is 0 Å². The van der Waals surface area contributed by atoms with Crippen LogP contribution in [0.15, 0.2) is 24.3 Å². The molecule has 1 aromatic rings. The van der Waals surface area contributed by atoms with Gasteiger partial charge in [0.25, 0.3) is 0 Å². The summed E-state index contributed by atoms with van der Waals surface area (Å²) in [5.41, 5.74) is 0.635. The molecular formula is C18H27NO2. The van der Waals surface area contributed by atoms with Crippen molar-refractivity contribution in [3.63, 3.8) is 0 Å². The Hall–Kier alpha value is -1.35. The molecule has 0 radical (unpaired) electrons. The molecule has 116 valence electrons. The molecule has 0 bridgehead atoms. The highest BCUT2D eigenvalue weighted by Gasteiger charge is 2.23. The van der Waals surface area contributed by atoms with Crippen molar-refractivity contribution >= 4 is 6.29 Å². The van der Waals surface area contributed by atoms with Crippen molar-refractivity contribution in [2.24, 2.45) is 0 Å². The standard InChI is InChI=1S/C18H27NO2/c1-15-8-7-9-16(2)19(15)12-5-6-13-21-18-11-4-3-10-17(18)14-20/h3-4,10-11,14-16H,5-9,12-13H2,1-2H3/t15-,16-/m0/s1. The van der Waals surface area contributed by atoms with E-state index in [1.165, 1.54) is 19.3 Å². The van der Waals surface area contributed by atoms with Crippen LogP contribution in [-0.4, -0.2) is 36.4 Å². The number of nitrogens with zero attached hydrogens (tertiary/aromatic N) is 1. The van der Waals surface area contributed by atoms with E-state index in [4.69, 9.17) is 4.74 Å². The van der Waals surface area contributed by atoms with E-state index in [9.17, 15) is 4.79 Å². The minimum absolute atomic E-state index is 0.635. The van der Waals surface area contributed by atoms with E-state index >= 15 is 0 Å². The number of carbonyl (C=O) groups excluding carboxylic acids is 1. The topological polar surface area (TPSA) is 29.5 Å². The normalized spacial score (nSPS) is 23.0. The van der Waals surface area contributed by atoms with Gasteiger partial charge in [0.15, 0.2) is 6.29 Å². The summed E-state index contributed by atoms with van der Waals surface area (Å²) in [6, 6.07) is 8.84. The molecule has 3 nitrogen and oxygen atoms in total. The Kier molecular flexibility index (Phi) is 6.24. The average molecular weight is 289 g/mol. The largest absolute Gasteiger partial charge is 0.493 e. The zero-order chi connectivity index (χ0) is 15.1. The number of rotatable bonds is 7. The molecule has 0 N–H and O–H groups in total. The zero-order valence-corrected chi connectivity index (χ0v) is 13.3. The highest BCUT2D eigenvalue weighted by molar-refractivity contribution is 5.79. The molecule has 1 aromatic carbocycles. The number of para-hydroxylation sites is 1. The third-order valence-electron chi connectivity index (χ3n) is 4.49. The lowest BCUT2D eigenvalue weighted by Crippen LogP contribution is -2.44. The van der Waals surface area contributed by atoms with Gasteiger partial charge in [0.1, 0.15) is 5.75 Å². The number of hydrogen-bond donors (Lipinski definition) is 0. The van der Waals surface area contributed by atoms with Crippen LogP contribution in [0.1, 0.15) is 56.3 Å². The maximum Gasteiger partial charge on any atom is 0.153 e. The Balaban J connectivity index is 1.69. The molecule has 0 amide bonds. The first kappa shape index (κ1) is 16.0. The molecule has 0 spiro atoms. The van der Waals surface area contributed by atoms with E-state index in [2.05, 4.69) is 18.7 Å². The van der Waals surface area contributed by atoms with Gasteiger partial charge < -0.3 is 4.74 Å². The third kappa shape index (κ3) is 4.57. The second kappa shape index (κ2) is 8.18. The molecule has 2 atom stereocenters. The molecule has 1 aliphatic rings. The Morgan fingerprint density at radius 1 is 1.19 bits per heavy atom. The first-order valence-corrected chi connectivity index (χ1v) is 8.15. The zero-order valence-electron chi connectivity index (χ0n) is 13.3. The quantitative estimate of drug-likeness (QED) is 0.563. The third-order valence-corrected chi connectivity index (χ3v) is 4.49. The van der Waals surface area contributed by atoms with E-state index in [1.807, 2.05) is 18.2 Å². The van der Waals surface area contributed by atoms with Crippen LogP contribution < -0.4 is 4.74 Å². The van der Waals surface area contributed by atoms with Crippen LogP contribution in [0.4, 0.5) is 0 Å². The smallest absolute Gasteiger partial charge is 0.153 e. The lowest BCUT2D eigenvalue weighted by molar-refractivity contribution is 0.0995. The molecule has 0 aliphatic carbocycles. The molecule has 1 aliphatic heterocycles. The fourth-order valence-electron chi connectivity index (χ4n) is 3.20. The predicted molar refractivity (Wildman–Crippen MR) is 86.0 cm³/mol. The number of carbonyl (C=O) groups is 1. The second-order valence-electron chi connectivity index (χ2n) is 6.08. The number of hydrogen-bond acceptors (Lipinski definition) is 3. The van der Waals surface area contributed by atoms with Gasteiger partial charge in [0, 0.05) is 12.1 Å². The number of likely N-dealkylation sites (tertiary alicyclic amines) is 1. The van der Waals surface area contributed by atoms with Gasteiger partial charge in [0.2, 0.25) is 0 Å². The first-order valence-electron chi connectivity index (χ1n) is 8.15. The van der Waals surface area contributed by atoms with Crippen LogP contribution >= 0.6 is 0 Å². The maximum atomic E-state index is 10.9. The molecule has 0 aromatic heterocycles. The second-order valence-corrected chi connectivity index (χ2v) is 6.08. The summed E-state index contributed by atoms with van der Waals surface area (Å²) < 4.78 is 5.72. The van der Waals surface area contributed by atoms with E-state index < -0.39 is 0 Å². The van der Waals surface area contributed by atoms with Gasteiger partial charge in [-0.05, 0) is 58.2 Å². The van der Waals surface area contributed by atoms with Crippen LogP contribution in [0.3, 0.4) is 0 Å². The molecule has 1 saturated heterocycles. The van der Waals surface area contributed by atoms with Crippen molar-refractivity contribution in [3.05, 3.63) is 29.8 Å². The predicted octanol–water partition coefficient (Wildman–Crippen LogP) is 3.92. The Labute approximate surface area is 128 Å². The number of ether oxygens (including phenoxy) is 1. The SMILES string of the molecule is C[C@H]1CCC[C@H](C)N1CCCCOc1ccccc1C=O. The van der Waals surface area contributed by atoms with Crippen LogP contribution in [0.5, 0.6) is 5.75 Å². The van der Waals surface area contributed by atoms with Crippen molar-refractivity contribution in [2.45, 2.75) is 58.0 Å². The maximum absolute atomic E-state index is 10.9. The van der Waals surface area contributed by atoms with Crippen molar-refractivity contribution in [1.82, 2.24) is 4.90 Å². The number of unbranched alkanes of at least 4 members (excludes halogenated alkanes) is 1. The van der Waals surface area contributed by atoms with Crippen molar-refractivity contribution in [3.8, 4) is 5.75 Å². The summed E-state index contributed by atoms with van der Waals surface area (Å²) in [5, 5.41) is 0. The highest BCUT2D eigenvalue weighted by Crippen LogP contribution is 2.22. The van der Waals surface area contributed by atoms with Gasteiger partial charge >= 0.3 is 0 Å². The van der Waals surface area contributed by atoms with Crippen LogP contribution in [0.25, 0.3) is 0 Å². The lowest BCUT2D eigenvalue weighted by Gasteiger charge is -2.39. The summed E-state index contributed by atoms with van der Waals surface area (Å²) in [6.45, 7) is 6.52. The molecule has 2 rings (SSSR count). The van der Waals surface area contributed by atoms with E-state index in [-0.39, 0.29) is 0 Å². The molecule has 0 saturated carbocycles. The van der Waals surface area contributed by atoms with E-state index in [1.54, 1.807) is 6.07 Å².